The summed E-state index contributed by atoms with van der Waals surface area (Å²) in [6, 6.07) is 1.35. The number of carbonyl (C=O) groups excluding carboxylic acids is 1. The molecule has 0 saturated heterocycles. The molecular weight excluding hydrogens is 231 g/mol. The molecule has 94 valence electrons. The molecule has 1 aromatic carbocycles. The maximum absolute atomic E-state index is 12.9. The Hall–Kier alpha value is -1.52. The van der Waals surface area contributed by atoms with Crippen molar-refractivity contribution in [1.29, 1.82) is 0 Å². The third-order valence-corrected chi connectivity index (χ3v) is 2.03. The fraction of sp³-hybridized carbons (Fsp3) is 0.417. The van der Waals surface area contributed by atoms with Crippen LogP contribution in [0.5, 0.6) is 0 Å². The number of carbonyl (C=O) groups is 1. The van der Waals surface area contributed by atoms with Gasteiger partial charge in [0.1, 0.15) is 0 Å². The molecule has 17 heavy (non-hydrogen) atoms. The largest absolute Gasteiger partial charge is 0.352 e. The summed E-state index contributed by atoms with van der Waals surface area (Å²) >= 11 is 0. The van der Waals surface area contributed by atoms with Crippen molar-refractivity contribution in [1.82, 2.24) is 5.32 Å². The van der Waals surface area contributed by atoms with Crippen LogP contribution in [0.25, 0.3) is 0 Å². The van der Waals surface area contributed by atoms with Crippen molar-refractivity contribution in [3.63, 3.8) is 0 Å². The van der Waals surface area contributed by atoms with Crippen LogP contribution in [0.1, 0.15) is 31.1 Å². The molecule has 0 bridgehead atoms. The molecule has 5 heteroatoms. The zero-order valence-electron chi connectivity index (χ0n) is 9.90. The first-order valence-corrected chi connectivity index (χ1v) is 5.13. The lowest BCUT2D eigenvalue weighted by atomic mass is 9.97. The smallest absolute Gasteiger partial charge is 0.251 e. The summed E-state index contributed by atoms with van der Waals surface area (Å²) in [6.45, 7) is 6.06. The van der Waals surface area contributed by atoms with Crippen LogP contribution in [0.3, 0.4) is 0 Å². The highest BCUT2D eigenvalue weighted by molar-refractivity contribution is 5.94. The molecule has 0 aliphatic rings. The molecule has 1 rings (SSSR count). The van der Waals surface area contributed by atoms with Crippen LogP contribution in [0.15, 0.2) is 12.1 Å². The van der Waals surface area contributed by atoms with Crippen LogP contribution in [0, 0.1) is 22.9 Å². The second-order valence-corrected chi connectivity index (χ2v) is 5.00. The summed E-state index contributed by atoms with van der Waals surface area (Å²) in [7, 11) is 0. The fourth-order valence-electron chi connectivity index (χ4n) is 1.13. The van der Waals surface area contributed by atoms with E-state index >= 15 is 0 Å². The topological polar surface area (TPSA) is 29.1 Å². The average Bonchev–Trinajstić information content (AvgIpc) is 2.20. The Morgan fingerprint density at radius 1 is 1.18 bits per heavy atom. The zero-order chi connectivity index (χ0) is 13.2. The van der Waals surface area contributed by atoms with E-state index in [9.17, 15) is 18.0 Å². The fourth-order valence-corrected chi connectivity index (χ4v) is 1.13. The van der Waals surface area contributed by atoms with Gasteiger partial charge in [-0.25, -0.2) is 13.2 Å². The minimum atomic E-state index is -1.57. The van der Waals surface area contributed by atoms with Crippen LogP contribution in [0.4, 0.5) is 13.2 Å². The van der Waals surface area contributed by atoms with Crippen molar-refractivity contribution < 1.29 is 18.0 Å². The molecule has 0 aromatic heterocycles. The summed E-state index contributed by atoms with van der Waals surface area (Å²) in [5.41, 5.74) is -0.377. The molecular formula is C12H14F3NO. The number of benzene rings is 1. The average molecular weight is 245 g/mol. The molecule has 0 atom stereocenters. The van der Waals surface area contributed by atoms with Gasteiger partial charge in [-0.3, -0.25) is 4.79 Å². The van der Waals surface area contributed by atoms with Gasteiger partial charge in [-0.15, -0.1) is 0 Å². The first-order valence-electron chi connectivity index (χ1n) is 5.13. The highest BCUT2D eigenvalue weighted by Crippen LogP contribution is 2.14. The SMILES string of the molecule is CC(C)(C)CNC(=O)c1cc(F)c(F)c(F)c1. The minimum absolute atomic E-state index is 0.146. The Bertz CT molecular complexity index is 415. The van der Waals surface area contributed by atoms with Crippen molar-refractivity contribution in [2.45, 2.75) is 20.8 Å². The Morgan fingerprint density at radius 3 is 2.06 bits per heavy atom. The predicted molar refractivity (Wildman–Crippen MR) is 58.1 cm³/mol. The Kier molecular flexibility index (Phi) is 3.80. The summed E-state index contributed by atoms with van der Waals surface area (Å²) in [4.78, 5) is 11.5. The molecule has 0 saturated carbocycles. The van der Waals surface area contributed by atoms with Gasteiger partial charge in [-0.05, 0) is 17.5 Å². The van der Waals surface area contributed by atoms with Crippen LogP contribution < -0.4 is 5.32 Å². The first kappa shape index (κ1) is 13.5. The second kappa shape index (κ2) is 4.77. The summed E-state index contributed by atoms with van der Waals surface area (Å²) in [6.07, 6.45) is 0. The number of rotatable bonds is 2. The molecule has 1 N–H and O–H groups in total. The molecule has 2 nitrogen and oxygen atoms in total. The molecule has 0 fully saturated rings. The van der Waals surface area contributed by atoms with E-state index in [1.807, 2.05) is 20.8 Å². The first-order chi connectivity index (χ1) is 7.70. The summed E-state index contributed by atoms with van der Waals surface area (Å²) in [5.74, 6) is -4.94. The van der Waals surface area contributed by atoms with Crippen molar-refractivity contribution in [2.75, 3.05) is 6.54 Å². The molecule has 1 aromatic rings. The van der Waals surface area contributed by atoms with Crippen molar-refractivity contribution in [3.05, 3.63) is 35.1 Å². The van der Waals surface area contributed by atoms with Gasteiger partial charge in [0.25, 0.3) is 5.91 Å². The normalized spacial score (nSPS) is 11.4. The maximum atomic E-state index is 12.9. The van der Waals surface area contributed by atoms with Crippen molar-refractivity contribution in [2.24, 2.45) is 5.41 Å². The Balaban J connectivity index is 2.84. The lowest BCUT2D eigenvalue weighted by Crippen LogP contribution is -2.32. The third kappa shape index (κ3) is 3.76. The number of amides is 1. The van der Waals surface area contributed by atoms with E-state index < -0.39 is 23.4 Å². The number of nitrogens with one attached hydrogen (secondary N) is 1. The molecule has 0 heterocycles. The van der Waals surface area contributed by atoms with Gasteiger partial charge < -0.3 is 5.32 Å². The highest BCUT2D eigenvalue weighted by Gasteiger charge is 2.17. The van der Waals surface area contributed by atoms with Gasteiger partial charge in [0.2, 0.25) is 0 Å². The highest BCUT2D eigenvalue weighted by atomic mass is 19.2. The van der Waals surface area contributed by atoms with E-state index in [-0.39, 0.29) is 11.0 Å². The van der Waals surface area contributed by atoms with E-state index in [2.05, 4.69) is 5.32 Å². The van der Waals surface area contributed by atoms with E-state index in [0.717, 1.165) is 0 Å². The summed E-state index contributed by atoms with van der Waals surface area (Å²) < 4.78 is 38.4. The minimum Gasteiger partial charge on any atom is -0.352 e. The van der Waals surface area contributed by atoms with Gasteiger partial charge in [-0.1, -0.05) is 20.8 Å². The van der Waals surface area contributed by atoms with Crippen LogP contribution in [-0.4, -0.2) is 12.5 Å². The van der Waals surface area contributed by atoms with Gasteiger partial charge in [0.15, 0.2) is 17.5 Å². The zero-order valence-corrected chi connectivity index (χ0v) is 9.90. The van der Waals surface area contributed by atoms with Crippen molar-refractivity contribution >= 4 is 5.91 Å². The Morgan fingerprint density at radius 2 is 1.65 bits per heavy atom. The molecule has 0 radical (unpaired) electrons. The van der Waals surface area contributed by atoms with Gasteiger partial charge in [0, 0.05) is 12.1 Å². The van der Waals surface area contributed by atoms with E-state index in [4.69, 9.17) is 0 Å². The Labute approximate surface area is 97.8 Å². The van der Waals surface area contributed by atoms with Crippen LogP contribution in [0.2, 0.25) is 0 Å². The van der Waals surface area contributed by atoms with Gasteiger partial charge in [-0.2, -0.15) is 0 Å². The van der Waals surface area contributed by atoms with Crippen LogP contribution in [-0.2, 0) is 0 Å². The number of halogens is 3. The summed E-state index contributed by atoms with van der Waals surface area (Å²) in [5, 5.41) is 2.52. The molecule has 1 amide bonds. The molecule has 0 unspecified atom stereocenters. The lowest BCUT2D eigenvalue weighted by Gasteiger charge is -2.18. The molecule has 0 aliphatic heterocycles. The second-order valence-electron chi connectivity index (χ2n) is 5.00. The number of hydrogen-bond acceptors (Lipinski definition) is 1. The maximum Gasteiger partial charge on any atom is 0.251 e. The van der Waals surface area contributed by atoms with Crippen molar-refractivity contribution in [3.8, 4) is 0 Å². The van der Waals surface area contributed by atoms with Crippen LogP contribution >= 0.6 is 0 Å². The standard InChI is InChI=1S/C12H14F3NO/c1-12(2,3)6-16-11(17)7-4-8(13)10(15)9(14)5-7/h4-5H,6H2,1-3H3,(H,16,17). The molecule has 0 aliphatic carbocycles. The predicted octanol–water partition coefficient (Wildman–Crippen LogP) is 2.88. The monoisotopic (exact) mass is 245 g/mol. The molecule has 0 spiro atoms. The lowest BCUT2D eigenvalue weighted by molar-refractivity contribution is 0.0938. The van der Waals surface area contributed by atoms with E-state index in [1.165, 1.54) is 0 Å². The van der Waals surface area contributed by atoms with E-state index in [1.54, 1.807) is 0 Å². The third-order valence-electron chi connectivity index (χ3n) is 2.03. The van der Waals surface area contributed by atoms with Gasteiger partial charge in [0.05, 0.1) is 0 Å². The van der Waals surface area contributed by atoms with E-state index in [0.29, 0.717) is 18.7 Å². The van der Waals surface area contributed by atoms with Gasteiger partial charge >= 0.3 is 0 Å². The quantitative estimate of drug-likeness (QED) is 0.797. The number of hydrogen-bond donors (Lipinski definition) is 1.